The smallest absolute Gasteiger partial charge is 0.159 e. The summed E-state index contributed by atoms with van der Waals surface area (Å²) in [7, 11) is 0. The number of hydrogen-bond donors (Lipinski definition) is 2. The van der Waals surface area contributed by atoms with Crippen molar-refractivity contribution in [2.24, 2.45) is 5.73 Å². The molecule has 2 nitrogen and oxygen atoms in total. The molecule has 2 rings (SSSR count). The molecule has 1 aromatic heterocycles. The fourth-order valence-corrected chi connectivity index (χ4v) is 2.36. The lowest BCUT2D eigenvalue weighted by Crippen LogP contribution is -2.27. The Morgan fingerprint density at radius 2 is 2.06 bits per heavy atom. The Balaban J connectivity index is 2.05. The van der Waals surface area contributed by atoms with E-state index in [1.54, 1.807) is 17.4 Å². The molecule has 2 aromatic rings. The molecule has 96 valence electrons. The van der Waals surface area contributed by atoms with Crippen molar-refractivity contribution in [2.45, 2.75) is 12.6 Å². The van der Waals surface area contributed by atoms with Gasteiger partial charge < -0.3 is 11.1 Å². The van der Waals surface area contributed by atoms with Crippen molar-refractivity contribution in [3.8, 4) is 0 Å². The lowest BCUT2D eigenvalue weighted by atomic mass is 10.1. The highest BCUT2D eigenvalue weighted by Crippen LogP contribution is 2.17. The van der Waals surface area contributed by atoms with Gasteiger partial charge in [0.05, 0.1) is 0 Å². The molecular formula is C13H14F2N2S. The third-order valence-corrected chi connectivity index (χ3v) is 3.56. The lowest BCUT2D eigenvalue weighted by Gasteiger charge is -2.17. The van der Waals surface area contributed by atoms with Crippen LogP contribution in [0, 0.1) is 11.6 Å². The van der Waals surface area contributed by atoms with Crippen molar-refractivity contribution in [2.75, 3.05) is 6.54 Å². The number of rotatable bonds is 5. The average molecular weight is 268 g/mol. The molecule has 0 aliphatic heterocycles. The van der Waals surface area contributed by atoms with Crippen molar-refractivity contribution in [1.29, 1.82) is 0 Å². The molecule has 0 saturated heterocycles. The first-order chi connectivity index (χ1) is 8.70. The second kappa shape index (κ2) is 6.04. The van der Waals surface area contributed by atoms with Gasteiger partial charge in [0.15, 0.2) is 11.6 Å². The molecule has 18 heavy (non-hydrogen) atoms. The predicted molar refractivity (Wildman–Crippen MR) is 69.3 cm³/mol. The highest BCUT2D eigenvalue weighted by molar-refractivity contribution is 7.09. The normalized spacial score (nSPS) is 12.6. The van der Waals surface area contributed by atoms with Crippen molar-refractivity contribution in [3.05, 3.63) is 57.8 Å². The van der Waals surface area contributed by atoms with Crippen LogP contribution in [-0.2, 0) is 6.54 Å². The molecule has 5 heteroatoms. The molecule has 0 bridgehead atoms. The summed E-state index contributed by atoms with van der Waals surface area (Å²) in [6.07, 6.45) is 0. The van der Waals surface area contributed by atoms with E-state index in [9.17, 15) is 8.78 Å². The molecule has 1 atom stereocenters. The summed E-state index contributed by atoms with van der Waals surface area (Å²) in [6.45, 7) is 0.995. The monoisotopic (exact) mass is 268 g/mol. The van der Waals surface area contributed by atoms with E-state index in [0.717, 1.165) is 6.07 Å². The van der Waals surface area contributed by atoms with Crippen LogP contribution in [0.5, 0.6) is 0 Å². The van der Waals surface area contributed by atoms with Gasteiger partial charge >= 0.3 is 0 Å². The second-order valence-corrected chi connectivity index (χ2v) is 4.95. The van der Waals surface area contributed by atoms with Gasteiger partial charge in [0.2, 0.25) is 0 Å². The third-order valence-electron chi connectivity index (χ3n) is 2.68. The summed E-state index contributed by atoms with van der Waals surface area (Å²) in [6, 6.07) is 7.67. The second-order valence-electron chi connectivity index (χ2n) is 3.92. The highest BCUT2D eigenvalue weighted by atomic mass is 32.1. The molecule has 0 amide bonds. The maximum atomic E-state index is 13.1. The van der Waals surface area contributed by atoms with Crippen LogP contribution >= 0.6 is 11.3 Å². The summed E-state index contributed by atoms with van der Waals surface area (Å²) < 4.78 is 26.0. The topological polar surface area (TPSA) is 38.0 Å². The van der Waals surface area contributed by atoms with Gasteiger partial charge in [-0.25, -0.2) is 8.78 Å². The highest BCUT2D eigenvalue weighted by Gasteiger charge is 2.12. The summed E-state index contributed by atoms with van der Waals surface area (Å²) >= 11 is 1.64. The summed E-state index contributed by atoms with van der Waals surface area (Å²) in [5, 5.41) is 5.22. The third kappa shape index (κ3) is 3.13. The van der Waals surface area contributed by atoms with E-state index in [0.29, 0.717) is 18.7 Å². The first-order valence-corrected chi connectivity index (χ1v) is 6.49. The zero-order valence-corrected chi connectivity index (χ0v) is 10.5. The first-order valence-electron chi connectivity index (χ1n) is 5.61. The van der Waals surface area contributed by atoms with E-state index in [4.69, 9.17) is 5.73 Å². The van der Waals surface area contributed by atoms with E-state index in [2.05, 4.69) is 5.32 Å². The minimum atomic E-state index is -0.844. The van der Waals surface area contributed by atoms with Gasteiger partial charge in [0, 0.05) is 24.0 Å². The molecular weight excluding hydrogens is 254 g/mol. The predicted octanol–water partition coefficient (Wildman–Crippen LogP) is 2.82. The van der Waals surface area contributed by atoms with Gasteiger partial charge in [-0.2, -0.15) is 0 Å². The van der Waals surface area contributed by atoms with Crippen molar-refractivity contribution in [3.63, 3.8) is 0 Å². The number of halogens is 2. The number of hydrogen-bond acceptors (Lipinski definition) is 3. The van der Waals surface area contributed by atoms with Gasteiger partial charge in [0.1, 0.15) is 0 Å². The zero-order chi connectivity index (χ0) is 13.0. The standard InChI is InChI=1S/C13H14F2N2S/c14-11-4-3-9(6-12(11)15)13(7-16)17-8-10-2-1-5-18-10/h1-6,13,17H,7-8,16H2. The largest absolute Gasteiger partial charge is 0.329 e. The minimum Gasteiger partial charge on any atom is -0.329 e. The van der Waals surface area contributed by atoms with Gasteiger partial charge in [-0.1, -0.05) is 12.1 Å². The fourth-order valence-electron chi connectivity index (χ4n) is 1.70. The number of nitrogens with one attached hydrogen (secondary N) is 1. The molecule has 1 heterocycles. The number of benzene rings is 1. The molecule has 0 radical (unpaired) electrons. The molecule has 3 N–H and O–H groups in total. The maximum absolute atomic E-state index is 13.1. The lowest BCUT2D eigenvalue weighted by molar-refractivity contribution is 0.496. The van der Waals surface area contributed by atoms with Gasteiger partial charge in [-0.05, 0) is 29.1 Å². The molecule has 0 aliphatic carbocycles. The molecule has 0 fully saturated rings. The Hall–Kier alpha value is -1.30. The van der Waals surface area contributed by atoms with Crippen LogP contribution in [0.1, 0.15) is 16.5 Å². The minimum absolute atomic E-state index is 0.179. The molecule has 0 spiro atoms. The van der Waals surface area contributed by atoms with Crippen LogP contribution in [-0.4, -0.2) is 6.54 Å². The number of nitrogens with two attached hydrogens (primary N) is 1. The van der Waals surface area contributed by atoms with E-state index in [1.807, 2.05) is 17.5 Å². The molecule has 1 aromatic carbocycles. The van der Waals surface area contributed by atoms with E-state index in [1.165, 1.54) is 10.9 Å². The summed E-state index contributed by atoms with van der Waals surface area (Å²) in [5.74, 6) is -1.68. The Bertz CT molecular complexity index is 500. The van der Waals surface area contributed by atoms with Crippen LogP contribution in [0.2, 0.25) is 0 Å². The average Bonchev–Trinajstić information content (AvgIpc) is 2.87. The number of thiophene rings is 1. The zero-order valence-electron chi connectivity index (χ0n) is 9.70. The fraction of sp³-hybridized carbons (Fsp3) is 0.231. The van der Waals surface area contributed by atoms with Crippen molar-refractivity contribution in [1.82, 2.24) is 5.32 Å². The van der Waals surface area contributed by atoms with Crippen molar-refractivity contribution < 1.29 is 8.78 Å². The van der Waals surface area contributed by atoms with Gasteiger partial charge in [0.25, 0.3) is 0 Å². The van der Waals surface area contributed by atoms with Crippen LogP contribution in [0.4, 0.5) is 8.78 Å². The molecule has 0 saturated carbocycles. The van der Waals surface area contributed by atoms with Gasteiger partial charge in [-0.15, -0.1) is 11.3 Å². The Morgan fingerprint density at radius 1 is 1.22 bits per heavy atom. The van der Waals surface area contributed by atoms with Crippen molar-refractivity contribution >= 4 is 11.3 Å². The van der Waals surface area contributed by atoms with Gasteiger partial charge in [-0.3, -0.25) is 0 Å². The molecule has 0 aliphatic rings. The van der Waals surface area contributed by atoms with E-state index < -0.39 is 11.6 Å². The van der Waals surface area contributed by atoms with Crippen LogP contribution < -0.4 is 11.1 Å². The molecule has 1 unspecified atom stereocenters. The summed E-state index contributed by atoms with van der Waals surface area (Å²) in [5.41, 5.74) is 6.32. The SMILES string of the molecule is NCC(NCc1cccs1)c1ccc(F)c(F)c1. The maximum Gasteiger partial charge on any atom is 0.159 e. The van der Waals surface area contributed by atoms with Crippen LogP contribution in [0.3, 0.4) is 0 Å². The first kappa shape index (κ1) is 13.1. The Labute approximate surface area is 108 Å². The van der Waals surface area contributed by atoms with Crippen LogP contribution in [0.25, 0.3) is 0 Å². The Morgan fingerprint density at radius 3 is 2.67 bits per heavy atom. The van der Waals surface area contributed by atoms with E-state index in [-0.39, 0.29) is 6.04 Å². The van der Waals surface area contributed by atoms with E-state index >= 15 is 0 Å². The quantitative estimate of drug-likeness (QED) is 0.875. The van der Waals surface area contributed by atoms with Crippen LogP contribution in [0.15, 0.2) is 35.7 Å². The summed E-state index contributed by atoms with van der Waals surface area (Å²) in [4.78, 5) is 1.18. The Kier molecular flexibility index (Phi) is 4.41.